The molecule has 1 saturated heterocycles. The first-order chi connectivity index (χ1) is 15.3. The summed E-state index contributed by atoms with van der Waals surface area (Å²) in [5.41, 5.74) is 3.05. The van der Waals surface area contributed by atoms with E-state index >= 15 is 0 Å². The van der Waals surface area contributed by atoms with Gasteiger partial charge in [-0.15, -0.1) is 10.2 Å². The summed E-state index contributed by atoms with van der Waals surface area (Å²) in [6, 6.07) is 21.0. The van der Waals surface area contributed by atoms with Crippen molar-refractivity contribution < 1.29 is 9.21 Å². The van der Waals surface area contributed by atoms with Gasteiger partial charge in [0.2, 0.25) is 0 Å². The number of aromatic nitrogens is 2. The second kappa shape index (κ2) is 8.60. The molecule has 0 bridgehead atoms. The lowest BCUT2D eigenvalue weighted by Crippen LogP contribution is -2.25. The Hall–Kier alpha value is -3.67. The quantitative estimate of drug-likeness (QED) is 0.478. The number of nitrogens with one attached hydrogen (secondary N) is 1. The van der Waals surface area contributed by atoms with E-state index in [1.807, 2.05) is 60.7 Å². The molecule has 6 nitrogen and oxygen atoms in total. The van der Waals surface area contributed by atoms with Gasteiger partial charge < -0.3 is 14.6 Å². The molecule has 156 valence electrons. The number of furan rings is 1. The maximum absolute atomic E-state index is 12.6. The Morgan fingerprint density at radius 1 is 0.871 bits per heavy atom. The van der Waals surface area contributed by atoms with Crippen LogP contribution in [0.15, 0.2) is 71.1 Å². The first-order valence-electron chi connectivity index (χ1n) is 10.8. The van der Waals surface area contributed by atoms with Crippen LogP contribution in [0.25, 0.3) is 22.2 Å². The number of hydrogen-bond acceptors (Lipinski definition) is 5. The molecule has 2 aromatic carbocycles. The molecule has 2 aromatic heterocycles. The molecule has 6 heteroatoms. The summed E-state index contributed by atoms with van der Waals surface area (Å²) in [5.74, 6) is 0.934. The number of fused-ring (bicyclic) bond motifs is 1. The summed E-state index contributed by atoms with van der Waals surface area (Å²) in [7, 11) is 0. The lowest BCUT2D eigenvalue weighted by atomic mass is 10.1. The lowest BCUT2D eigenvalue weighted by molar-refractivity contribution is 0.0998. The van der Waals surface area contributed by atoms with Crippen molar-refractivity contribution in [3.8, 4) is 11.3 Å². The summed E-state index contributed by atoms with van der Waals surface area (Å²) in [6.45, 7) is 2.08. The topological polar surface area (TPSA) is 71.3 Å². The van der Waals surface area contributed by atoms with E-state index in [1.54, 1.807) is 6.07 Å². The van der Waals surface area contributed by atoms with Crippen LogP contribution in [-0.4, -0.2) is 29.2 Å². The highest BCUT2D eigenvalue weighted by atomic mass is 16.3. The van der Waals surface area contributed by atoms with Crippen molar-refractivity contribution in [2.24, 2.45) is 0 Å². The van der Waals surface area contributed by atoms with Crippen molar-refractivity contribution in [1.29, 1.82) is 0 Å². The Labute approximate surface area is 180 Å². The number of carbonyl (C=O) groups is 1. The summed E-state index contributed by atoms with van der Waals surface area (Å²) < 4.78 is 5.66. The van der Waals surface area contributed by atoms with Crippen LogP contribution < -0.4 is 10.2 Å². The van der Waals surface area contributed by atoms with Gasteiger partial charge in [0.15, 0.2) is 11.6 Å². The van der Waals surface area contributed by atoms with Gasteiger partial charge in [-0.3, -0.25) is 4.79 Å². The lowest BCUT2D eigenvalue weighted by Gasteiger charge is -2.20. The number of benzene rings is 2. The van der Waals surface area contributed by atoms with Gasteiger partial charge in [-0.1, -0.05) is 43.2 Å². The van der Waals surface area contributed by atoms with Crippen LogP contribution in [0.2, 0.25) is 0 Å². The van der Waals surface area contributed by atoms with Crippen LogP contribution in [0, 0.1) is 0 Å². The van der Waals surface area contributed by atoms with E-state index in [0.29, 0.717) is 11.3 Å². The minimum atomic E-state index is -0.282. The molecule has 1 fully saturated rings. The average Bonchev–Trinajstić information content (AvgIpc) is 3.06. The first-order valence-corrected chi connectivity index (χ1v) is 10.8. The largest absolute Gasteiger partial charge is 0.451 e. The molecule has 0 saturated carbocycles. The Morgan fingerprint density at radius 3 is 2.48 bits per heavy atom. The second-order valence-corrected chi connectivity index (χ2v) is 7.86. The number of anilines is 2. The van der Waals surface area contributed by atoms with Crippen molar-refractivity contribution in [3.05, 3.63) is 72.5 Å². The maximum atomic E-state index is 12.6. The van der Waals surface area contributed by atoms with Crippen LogP contribution in [-0.2, 0) is 0 Å². The van der Waals surface area contributed by atoms with Crippen LogP contribution in [0.5, 0.6) is 0 Å². The molecular formula is C25H24N4O2. The van der Waals surface area contributed by atoms with Gasteiger partial charge in [-0.05, 0) is 49.2 Å². The van der Waals surface area contributed by atoms with E-state index in [1.165, 1.54) is 25.7 Å². The molecule has 0 unspecified atom stereocenters. The molecule has 1 N–H and O–H groups in total. The fourth-order valence-corrected chi connectivity index (χ4v) is 3.99. The van der Waals surface area contributed by atoms with Crippen molar-refractivity contribution in [1.82, 2.24) is 10.2 Å². The third kappa shape index (κ3) is 4.28. The van der Waals surface area contributed by atoms with E-state index in [4.69, 9.17) is 4.42 Å². The van der Waals surface area contributed by atoms with Gasteiger partial charge in [0.25, 0.3) is 5.91 Å². The predicted molar refractivity (Wildman–Crippen MR) is 122 cm³/mol. The summed E-state index contributed by atoms with van der Waals surface area (Å²) in [6.07, 6.45) is 4.98. The molecule has 1 aliphatic heterocycles. The highest BCUT2D eigenvalue weighted by molar-refractivity contribution is 6.04. The van der Waals surface area contributed by atoms with Crippen molar-refractivity contribution in [3.63, 3.8) is 0 Å². The Morgan fingerprint density at radius 2 is 1.71 bits per heavy atom. The minimum Gasteiger partial charge on any atom is -0.451 e. The Balaban J connectivity index is 1.32. The zero-order valence-electron chi connectivity index (χ0n) is 17.3. The minimum absolute atomic E-state index is 0.282. The number of hydrogen-bond donors (Lipinski definition) is 1. The summed E-state index contributed by atoms with van der Waals surface area (Å²) >= 11 is 0. The normalized spacial score (nSPS) is 14.4. The predicted octanol–water partition coefficient (Wildman–Crippen LogP) is 5.52. The third-order valence-corrected chi connectivity index (χ3v) is 5.65. The number of amides is 1. The monoisotopic (exact) mass is 412 g/mol. The molecule has 0 atom stereocenters. The molecule has 0 radical (unpaired) electrons. The van der Waals surface area contributed by atoms with E-state index < -0.39 is 0 Å². The smallest absolute Gasteiger partial charge is 0.291 e. The van der Waals surface area contributed by atoms with Crippen LogP contribution in [0.4, 0.5) is 11.5 Å². The molecule has 5 rings (SSSR count). The van der Waals surface area contributed by atoms with Gasteiger partial charge in [0.05, 0.1) is 5.69 Å². The molecule has 31 heavy (non-hydrogen) atoms. The fraction of sp³-hybridized carbons (Fsp3) is 0.240. The first kappa shape index (κ1) is 19.3. The van der Waals surface area contributed by atoms with Crippen LogP contribution in [0.3, 0.4) is 0 Å². The van der Waals surface area contributed by atoms with Gasteiger partial charge in [-0.2, -0.15) is 0 Å². The zero-order valence-corrected chi connectivity index (χ0v) is 17.3. The molecule has 1 amide bonds. The van der Waals surface area contributed by atoms with Crippen LogP contribution in [0.1, 0.15) is 36.2 Å². The van der Waals surface area contributed by atoms with E-state index in [-0.39, 0.29) is 11.7 Å². The van der Waals surface area contributed by atoms with E-state index in [0.717, 1.165) is 35.6 Å². The van der Waals surface area contributed by atoms with Gasteiger partial charge in [0.1, 0.15) is 5.58 Å². The molecule has 1 aliphatic rings. The number of para-hydroxylation sites is 1. The number of carbonyl (C=O) groups excluding carboxylic acids is 1. The van der Waals surface area contributed by atoms with Gasteiger partial charge in [0, 0.05) is 29.7 Å². The van der Waals surface area contributed by atoms with Crippen LogP contribution >= 0.6 is 0 Å². The average molecular weight is 412 g/mol. The molecule has 3 heterocycles. The third-order valence-electron chi connectivity index (χ3n) is 5.65. The van der Waals surface area contributed by atoms with Crippen molar-refractivity contribution in [2.45, 2.75) is 25.7 Å². The highest BCUT2D eigenvalue weighted by Crippen LogP contribution is 2.24. The Bertz CT molecular complexity index is 1160. The maximum Gasteiger partial charge on any atom is 0.291 e. The summed E-state index contributed by atoms with van der Waals surface area (Å²) in [5, 5.41) is 12.7. The standard InChI is InChI=1S/C25H24N4O2/c30-25(23-17-19-8-3-4-11-22(19)31-23)26-20-10-7-9-18(16-20)21-12-13-24(28-27-21)29-14-5-1-2-6-15-29/h3-4,7-13,16-17H,1-2,5-6,14-15H2,(H,26,30). The molecule has 0 spiro atoms. The van der Waals surface area contributed by atoms with Gasteiger partial charge in [-0.25, -0.2) is 0 Å². The van der Waals surface area contributed by atoms with E-state index in [2.05, 4.69) is 20.4 Å². The zero-order chi connectivity index (χ0) is 21.0. The van der Waals surface area contributed by atoms with Crippen molar-refractivity contribution >= 4 is 28.4 Å². The number of nitrogens with zero attached hydrogens (tertiary/aromatic N) is 3. The fourth-order valence-electron chi connectivity index (χ4n) is 3.99. The highest BCUT2D eigenvalue weighted by Gasteiger charge is 2.14. The summed E-state index contributed by atoms with van der Waals surface area (Å²) in [4.78, 5) is 15.0. The van der Waals surface area contributed by atoms with Gasteiger partial charge >= 0.3 is 0 Å². The SMILES string of the molecule is O=C(Nc1cccc(-c2ccc(N3CCCCCC3)nn2)c1)c1cc2ccccc2o1. The van der Waals surface area contributed by atoms with E-state index in [9.17, 15) is 4.79 Å². The molecule has 0 aliphatic carbocycles. The second-order valence-electron chi connectivity index (χ2n) is 7.86. The number of rotatable bonds is 4. The molecular weight excluding hydrogens is 388 g/mol. The van der Waals surface area contributed by atoms with Crippen molar-refractivity contribution in [2.75, 3.05) is 23.3 Å². The molecule has 4 aromatic rings. The Kier molecular flexibility index (Phi) is 5.35.